The molecular formula is C14H19F2O2Si+. The Balaban J connectivity index is 2.80. The van der Waals surface area contributed by atoms with Crippen LogP contribution in [0.4, 0.5) is 8.78 Å². The largest absolute Gasteiger partial charge is 0.476 e. The highest BCUT2D eigenvalue weighted by molar-refractivity contribution is 6.54. The zero-order chi connectivity index (χ0) is 14.8. The molecule has 5 heteroatoms. The third-order valence-corrected chi connectivity index (χ3v) is 5.80. The number of Topliss-reactive ketones (excluding diaryl/α,β-unsaturated/α-hetero) is 1. The molecule has 104 valence electrons. The van der Waals surface area contributed by atoms with E-state index in [1.54, 1.807) is 6.92 Å². The monoisotopic (exact) mass is 285 g/mol. The minimum atomic E-state index is -1.16. The first-order chi connectivity index (χ1) is 8.62. The van der Waals surface area contributed by atoms with Crippen LogP contribution in [-0.4, -0.2) is 20.9 Å². The quantitative estimate of drug-likeness (QED) is 0.618. The van der Waals surface area contributed by atoms with Crippen molar-refractivity contribution in [2.24, 2.45) is 0 Å². The Kier molecular flexibility index (Phi) is 4.98. The highest BCUT2D eigenvalue weighted by Gasteiger charge is 2.41. The molecule has 0 aliphatic carbocycles. The van der Waals surface area contributed by atoms with Gasteiger partial charge in [0.25, 0.3) is 0 Å². The fourth-order valence-corrected chi connectivity index (χ4v) is 2.37. The Morgan fingerprint density at radius 3 is 2.32 bits per heavy atom. The third kappa shape index (κ3) is 4.21. The van der Waals surface area contributed by atoms with E-state index in [0.29, 0.717) is 0 Å². The second-order valence-electron chi connectivity index (χ2n) is 5.56. The number of ketones is 1. The lowest BCUT2D eigenvalue weighted by Crippen LogP contribution is -2.33. The van der Waals surface area contributed by atoms with E-state index in [2.05, 4.69) is 20.8 Å². The van der Waals surface area contributed by atoms with Crippen LogP contribution in [-0.2, 0) is 4.43 Å². The van der Waals surface area contributed by atoms with Crippen LogP contribution in [0, 0.1) is 11.6 Å². The molecule has 0 fully saturated rings. The van der Waals surface area contributed by atoms with Crippen LogP contribution >= 0.6 is 0 Å². The zero-order valence-electron chi connectivity index (χ0n) is 11.9. The van der Waals surface area contributed by atoms with Crippen molar-refractivity contribution >= 4 is 14.8 Å². The number of rotatable bonds is 4. The number of hydrogen-bond donors (Lipinski definition) is 0. The molecule has 0 saturated heterocycles. The highest BCUT2D eigenvalue weighted by Crippen LogP contribution is 2.28. The number of benzene rings is 1. The van der Waals surface area contributed by atoms with E-state index >= 15 is 0 Å². The van der Waals surface area contributed by atoms with Crippen molar-refractivity contribution in [3.05, 3.63) is 35.4 Å². The number of carbonyl (C=O) groups is 1. The summed E-state index contributed by atoms with van der Waals surface area (Å²) in [5, 5.41) is 0.00720. The Labute approximate surface area is 114 Å². The Morgan fingerprint density at radius 2 is 1.84 bits per heavy atom. The van der Waals surface area contributed by atoms with Crippen molar-refractivity contribution in [2.75, 3.05) is 0 Å². The van der Waals surface area contributed by atoms with Crippen molar-refractivity contribution < 1.29 is 18.0 Å². The zero-order valence-corrected chi connectivity index (χ0v) is 12.9. The van der Waals surface area contributed by atoms with Crippen molar-refractivity contribution in [3.63, 3.8) is 0 Å². The summed E-state index contributed by atoms with van der Waals surface area (Å²) in [7, 11) is -1.16. The van der Waals surface area contributed by atoms with E-state index in [1.165, 1.54) is 6.07 Å². The van der Waals surface area contributed by atoms with Crippen molar-refractivity contribution in [3.8, 4) is 0 Å². The van der Waals surface area contributed by atoms with Gasteiger partial charge in [0.1, 0.15) is 5.04 Å². The van der Waals surface area contributed by atoms with E-state index in [-0.39, 0.29) is 16.4 Å². The number of carbonyl (C=O) groups excluding carboxylic acids is 1. The molecule has 0 bridgehead atoms. The molecule has 1 atom stereocenters. The molecule has 1 aromatic carbocycles. The predicted octanol–water partition coefficient (Wildman–Crippen LogP) is 3.97. The molecule has 1 rings (SSSR count). The molecule has 0 heterocycles. The maximum atomic E-state index is 13.1. The summed E-state index contributed by atoms with van der Waals surface area (Å²) < 4.78 is 31.6. The van der Waals surface area contributed by atoms with Gasteiger partial charge < -0.3 is 0 Å². The molecule has 0 radical (unpaired) electrons. The van der Waals surface area contributed by atoms with Crippen LogP contribution in [0.15, 0.2) is 18.2 Å². The molecule has 0 aromatic heterocycles. The van der Waals surface area contributed by atoms with Gasteiger partial charge in [0.15, 0.2) is 23.5 Å². The normalized spacial score (nSPS) is 13.2. The van der Waals surface area contributed by atoms with E-state index in [0.717, 1.165) is 12.1 Å². The molecule has 0 unspecified atom stereocenters. The maximum absolute atomic E-state index is 13.1. The lowest BCUT2D eigenvalue weighted by molar-refractivity contribution is 0.0808. The minimum absolute atomic E-state index is 0.00720. The van der Waals surface area contributed by atoms with Gasteiger partial charge in [0.2, 0.25) is 0 Å². The van der Waals surface area contributed by atoms with E-state index in [1.807, 2.05) is 6.55 Å². The first-order valence-electron chi connectivity index (χ1n) is 6.13. The Hall–Kier alpha value is -1.07. The average Bonchev–Trinajstić information content (AvgIpc) is 2.30. The van der Waals surface area contributed by atoms with Crippen molar-refractivity contribution in [1.29, 1.82) is 0 Å². The molecule has 0 spiro atoms. The summed E-state index contributed by atoms with van der Waals surface area (Å²) in [6, 6.07) is 3.15. The lowest BCUT2D eigenvalue weighted by atomic mass is 10.1. The third-order valence-electron chi connectivity index (χ3n) is 2.98. The van der Waals surface area contributed by atoms with Crippen LogP contribution in [0.3, 0.4) is 0 Å². The fourth-order valence-electron chi connectivity index (χ4n) is 1.38. The molecule has 0 amide bonds. The van der Waals surface area contributed by atoms with Crippen molar-refractivity contribution in [2.45, 2.75) is 45.4 Å². The van der Waals surface area contributed by atoms with Gasteiger partial charge in [-0.05, 0) is 45.9 Å². The van der Waals surface area contributed by atoms with Gasteiger partial charge >= 0.3 is 9.04 Å². The van der Waals surface area contributed by atoms with Crippen LogP contribution in [0.5, 0.6) is 0 Å². The van der Waals surface area contributed by atoms with Crippen LogP contribution in [0.25, 0.3) is 0 Å². The number of hydrogen-bond acceptors (Lipinski definition) is 2. The highest BCUT2D eigenvalue weighted by atomic mass is 28.3. The van der Waals surface area contributed by atoms with Gasteiger partial charge in [-0.3, -0.25) is 4.79 Å². The van der Waals surface area contributed by atoms with E-state index < -0.39 is 26.8 Å². The molecule has 0 N–H and O–H groups in total. The van der Waals surface area contributed by atoms with E-state index in [4.69, 9.17) is 4.43 Å². The van der Waals surface area contributed by atoms with Gasteiger partial charge in [-0.25, -0.2) is 13.2 Å². The van der Waals surface area contributed by atoms with Crippen molar-refractivity contribution in [1.82, 2.24) is 0 Å². The summed E-state index contributed by atoms with van der Waals surface area (Å²) in [6.45, 7) is 9.78. The predicted molar refractivity (Wildman–Crippen MR) is 72.6 cm³/mol. The molecule has 0 aliphatic rings. The average molecular weight is 285 g/mol. The summed E-state index contributed by atoms with van der Waals surface area (Å²) in [4.78, 5) is 12.1. The summed E-state index contributed by atoms with van der Waals surface area (Å²) in [6.07, 6.45) is -0.650. The van der Waals surface area contributed by atoms with Gasteiger partial charge in [-0.15, -0.1) is 0 Å². The van der Waals surface area contributed by atoms with Crippen LogP contribution in [0.2, 0.25) is 11.6 Å². The summed E-state index contributed by atoms with van der Waals surface area (Å²) in [5.74, 6) is -2.30. The van der Waals surface area contributed by atoms with Gasteiger partial charge in [-0.2, -0.15) is 0 Å². The Morgan fingerprint density at radius 1 is 1.26 bits per heavy atom. The standard InChI is InChI=1S/C14H19F2O2Si/c1-9(18-19(5)14(2,3)4)13(17)10-6-7-11(15)12(16)8-10/h6-9H,1-5H3/q+1/t9-/m0/s1. The van der Waals surface area contributed by atoms with Crippen LogP contribution < -0.4 is 0 Å². The second kappa shape index (κ2) is 5.92. The van der Waals surface area contributed by atoms with Gasteiger partial charge in [0.05, 0.1) is 6.55 Å². The maximum Gasteiger partial charge on any atom is 0.476 e. The molecular weight excluding hydrogens is 266 g/mol. The first kappa shape index (κ1) is 16.0. The second-order valence-corrected chi connectivity index (χ2v) is 8.41. The van der Waals surface area contributed by atoms with E-state index in [9.17, 15) is 13.6 Å². The molecule has 19 heavy (non-hydrogen) atoms. The summed E-state index contributed by atoms with van der Waals surface area (Å²) in [5.41, 5.74) is 0.134. The topological polar surface area (TPSA) is 26.3 Å². The van der Waals surface area contributed by atoms with Gasteiger partial charge in [-0.1, -0.05) is 0 Å². The molecule has 2 nitrogen and oxygen atoms in total. The lowest BCUT2D eigenvalue weighted by Gasteiger charge is -2.15. The first-order valence-corrected chi connectivity index (χ1v) is 8.03. The molecule has 0 aliphatic heterocycles. The summed E-state index contributed by atoms with van der Waals surface area (Å²) >= 11 is 0. The Bertz CT molecular complexity index is 469. The fraction of sp³-hybridized carbons (Fsp3) is 0.500. The number of halogens is 2. The van der Waals surface area contributed by atoms with Crippen LogP contribution in [0.1, 0.15) is 38.1 Å². The minimum Gasteiger partial charge on any atom is -0.291 e. The van der Waals surface area contributed by atoms with Gasteiger partial charge in [0, 0.05) is 5.56 Å². The molecule has 0 saturated carbocycles. The molecule has 1 aromatic rings. The SMILES string of the molecule is C[C@H](O[Si+](C)C(C)(C)C)C(=O)c1ccc(F)c(F)c1. The smallest absolute Gasteiger partial charge is 0.291 e.